The maximum Gasteiger partial charge on any atom is -0.00207 e. The summed E-state index contributed by atoms with van der Waals surface area (Å²) in [6.07, 6.45) is 0. The minimum absolute atomic E-state index is 0.00940. The lowest BCUT2D eigenvalue weighted by atomic mass is 9.76. The second-order valence-electron chi connectivity index (χ2n) is 17.9. The molecule has 58 heavy (non-hydrogen) atoms. The van der Waals surface area contributed by atoms with E-state index in [1.807, 2.05) is 0 Å². The molecule has 9 aromatic rings. The molecule has 0 amide bonds. The molecular weight excluding hydrogens is 697 g/mol. The van der Waals surface area contributed by atoms with Crippen LogP contribution in [0.3, 0.4) is 0 Å². The summed E-state index contributed by atoms with van der Waals surface area (Å²) in [6.45, 7) is 25.8. The third-order valence-electron chi connectivity index (χ3n) is 13.8. The Kier molecular flexibility index (Phi) is 8.97. The maximum absolute atomic E-state index is 2.53. The Bertz CT molecular complexity index is 3090. The Morgan fingerprint density at radius 2 is 0.603 bits per heavy atom. The van der Waals surface area contributed by atoms with Gasteiger partial charge in [0, 0.05) is 0 Å². The van der Waals surface area contributed by atoms with E-state index in [9.17, 15) is 0 Å². The fourth-order valence-corrected chi connectivity index (χ4v) is 10.3. The maximum atomic E-state index is 2.53. The zero-order valence-electron chi connectivity index (χ0n) is 36.1. The monoisotopic (exact) mass is 750 g/mol. The van der Waals surface area contributed by atoms with Crippen LogP contribution in [0.1, 0.15) is 70.8 Å². The molecular formula is C58H54. The lowest BCUT2D eigenvalue weighted by Crippen LogP contribution is -2.11. The van der Waals surface area contributed by atoms with E-state index < -0.39 is 0 Å². The van der Waals surface area contributed by atoms with E-state index in [1.165, 1.54) is 138 Å². The van der Waals surface area contributed by atoms with Crippen LogP contribution in [-0.4, -0.2) is 0 Å². The molecule has 0 spiro atoms. The predicted octanol–water partition coefficient (Wildman–Crippen LogP) is 16.7. The van der Waals surface area contributed by atoms with Gasteiger partial charge in [-0.3, -0.25) is 0 Å². The molecule has 0 bridgehead atoms. The van der Waals surface area contributed by atoms with Crippen molar-refractivity contribution in [1.82, 2.24) is 0 Å². The van der Waals surface area contributed by atoms with E-state index in [0.717, 1.165) is 0 Å². The van der Waals surface area contributed by atoms with E-state index in [4.69, 9.17) is 0 Å². The molecule has 0 nitrogen and oxygen atoms in total. The summed E-state index contributed by atoms with van der Waals surface area (Å²) in [5.74, 6) is 0. The van der Waals surface area contributed by atoms with Crippen LogP contribution in [-0.2, 0) is 5.41 Å². The quantitative estimate of drug-likeness (QED) is 0.157. The fraction of sp³-hybridized carbons (Fsp3) is 0.207. The van der Waals surface area contributed by atoms with Crippen LogP contribution in [0.2, 0.25) is 0 Å². The lowest BCUT2D eigenvalue weighted by molar-refractivity contribution is 0.591. The van der Waals surface area contributed by atoms with Crippen molar-refractivity contribution >= 4 is 43.1 Å². The third kappa shape index (κ3) is 5.64. The van der Waals surface area contributed by atoms with Crippen LogP contribution in [0.25, 0.3) is 87.6 Å². The predicted molar refractivity (Wildman–Crippen MR) is 255 cm³/mol. The molecule has 9 rings (SSSR count). The first-order chi connectivity index (χ1) is 27.8. The fourth-order valence-electron chi connectivity index (χ4n) is 10.3. The molecule has 9 aromatic carbocycles. The third-order valence-corrected chi connectivity index (χ3v) is 13.8. The van der Waals surface area contributed by atoms with E-state index in [-0.39, 0.29) is 5.41 Å². The molecule has 0 fully saturated rings. The molecule has 0 heteroatoms. The van der Waals surface area contributed by atoms with Gasteiger partial charge in [0.15, 0.2) is 0 Å². The topological polar surface area (TPSA) is 0 Å². The zero-order valence-corrected chi connectivity index (χ0v) is 36.1. The largest absolute Gasteiger partial charge is 0.0616 e. The van der Waals surface area contributed by atoms with E-state index in [0.29, 0.717) is 0 Å². The molecule has 0 aromatic heterocycles. The summed E-state index contributed by atoms with van der Waals surface area (Å²) in [5.41, 5.74) is 22.9. The zero-order chi connectivity index (χ0) is 40.8. The van der Waals surface area contributed by atoms with Gasteiger partial charge in [0.2, 0.25) is 0 Å². The summed E-state index contributed by atoms with van der Waals surface area (Å²) < 4.78 is 0. The van der Waals surface area contributed by atoms with E-state index >= 15 is 0 Å². The van der Waals surface area contributed by atoms with Gasteiger partial charge in [-0.05, 0) is 205 Å². The summed E-state index contributed by atoms with van der Waals surface area (Å²) in [5, 5.41) is 10.4. The Labute approximate surface area is 345 Å². The average molecular weight is 751 g/mol. The Balaban J connectivity index is 1.39. The molecule has 0 N–H and O–H groups in total. The van der Waals surface area contributed by atoms with Gasteiger partial charge in [0.25, 0.3) is 0 Å². The second kappa shape index (κ2) is 13.8. The number of fused-ring (bicyclic) bond motifs is 4. The molecule has 0 saturated heterocycles. The summed E-state index contributed by atoms with van der Waals surface area (Å²) in [4.78, 5) is 0. The van der Waals surface area contributed by atoms with Gasteiger partial charge >= 0.3 is 0 Å². The highest BCUT2D eigenvalue weighted by Crippen LogP contribution is 2.51. The number of benzene rings is 9. The molecule has 0 atom stereocenters. The van der Waals surface area contributed by atoms with Crippen molar-refractivity contribution in [3.05, 3.63) is 177 Å². The standard InChI is InChI=1S/C58H54/c1-33-37(5)54(38(6)34(2)52(33)46-28-18-22-41-20-12-14-24-44(41)46)56-48-26-16-17-27-49(48)57(51-32-43(58(9,10)11)30-31-50(51)56)55-39(7)35(3)53(36(4)40(55)8)47-29-19-23-42-21-13-15-25-45(42)47/h12-32H,1-11H3. The second-order valence-corrected chi connectivity index (χ2v) is 17.9. The van der Waals surface area contributed by atoms with Gasteiger partial charge in [-0.15, -0.1) is 0 Å². The molecule has 0 aliphatic rings. The Morgan fingerprint density at radius 1 is 0.276 bits per heavy atom. The van der Waals surface area contributed by atoms with Crippen molar-refractivity contribution in [1.29, 1.82) is 0 Å². The summed E-state index contributed by atoms with van der Waals surface area (Å²) in [6, 6.07) is 47.7. The van der Waals surface area contributed by atoms with Gasteiger partial charge in [0.1, 0.15) is 0 Å². The van der Waals surface area contributed by atoms with Gasteiger partial charge in [0.05, 0.1) is 0 Å². The van der Waals surface area contributed by atoms with Crippen molar-refractivity contribution in [3.8, 4) is 44.5 Å². The van der Waals surface area contributed by atoms with E-state index in [1.54, 1.807) is 0 Å². The molecule has 0 unspecified atom stereocenters. The first kappa shape index (κ1) is 37.6. The molecule has 0 aliphatic heterocycles. The van der Waals surface area contributed by atoms with Gasteiger partial charge in [-0.25, -0.2) is 0 Å². The molecule has 0 heterocycles. The molecule has 0 radical (unpaired) electrons. The highest BCUT2D eigenvalue weighted by Gasteiger charge is 2.27. The number of hydrogen-bond acceptors (Lipinski definition) is 0. The van der Waals surface area contributed by atoms with Crippen molar-refractivity contribution in [2.75, 3.05) is 0 Å². The average Bonchev–Trinajstić information content (AvgIpc) is 3.22. The minimum atomic E-state index is -0.00940. The van der Waals surface area contributed by atoms with Crippen LogP contribution < -0.4 is 0 Å². The summed E-state index contributed by atoms with van der Waals surface area (Å²) in [7, 11) is 0. The van der Waals surface area contributed by atoms with Crippen LogP contribution in [0.15, 0.2) is 127 Å². The van der Waals surface area contributed by atoms with E-state index in [2.05, 4.69) is 204 Å². The SMILES string of the molecule is Cc1c(C)c(-c2c3ccccc3c(-c3c(C)c(C)c(-c4cccc5ccccc45)c(C)c3C)c3cc(C(C)(C)C)ccc23)c(C)c(C)c1-c1cccc2ccccc12. The van der Waals surface area contributed by atoms with Crippen LogP contribution in [0.5, 0.6) is 0 Å². The molecule has 0 saturated carbocycles. The van der Waals surface area contributed by atoms with Gasteiger partial charge in [-0.1, -0.05) is 142 Å². The van der Waals surface area contributed by atoms with Crippen LogP contribution in [0.4, 0.5) is 0 Å². The number of rotatable bonds is 4. The van der Waals surface area contributed by atoms with Crippen molar-refractivity contribution < 1.29 is 0 Å². The van der Waals surface area contributed by atoms with Crippen LogP contribution in [0, 0.1) is 55.4 Å². The lowest BCUT2D eigenvalue weighted by Gasteiger charge is -2.28. The summed E-state index contributed by atoms with van der Waals surface area (Å²) >= 11 is 0. The highest BCUT2D eigenvalue weighted by atomic mass is 14.3. The van der Waals surface area contributed by atoms with Crippen molar-refractivity contribution in [2.45, 2.75) is 81.6 Å². The Morgan fingerprint density at radius 3 is 1.02 bits per heavy atom. The Hall–Kier alpha value is -5.98. The van der Waals surface area contributed by atoms with Gasteiger partial charge in [-0.2, -0.15) is 0 Å². The molecule has 286 valence electrons. The van der Waals surface area contributed by atoms with Crippen molar-refractivity contribution in [3.63, 3.8) is 0 Å². The number of hydrogen-bond donors (Lipinski definition) is 0. The van der Waals surface area contributed by atoms with Crippen molar-refractivity contribution in [2.24, 2.45) is 0 Å². The smallest absolute Gasteiger partial charge is 0.00207 e. The first-order valence-corrected chi connectivity index (χ1v) is 21.0. The highest BCUT2D eigenvalue weighted by molar-refractivity contribution is 6.23. The van der Waals surface area contributed by atoms with Crippen LogP contribution >= 0.6 is 0 Å². The minimum Gasteiger partial charge on any atom is -0.0616 e. The van der Waals surface area contributed by atoms with Gasteiger partial charge < -0.3 is 0 Å². The normalized spacial score (nSPS) is 12.1. The molecule has 0 aliphatic carbocycles. The first-order valence-electron chi connectivity index (χ1n) is 21.0.